The standard InChI is InChI=1S/C11H9Cl2N3OS/c12-7-1-2-8(13)6(3-7)5-18-11-15-9(14)4-10(17)16-11/h1-4H,5H2,(H3,14,15,16,17). The van der Waals surface area contributed by atoms with Crippen LogP contribution in [0, 0.1) is 0 Å². The largest absolute Gasteiger partial charge is 0.383 e. The van der Waals surface area contributed by atoms with Gasteiger partial charge < -0.3 is 10.7 Å². The Kier molecular flexibility index (Phi) is 4.16. The highest BCUT2D eigenvalue weighted by Crippen LogP contribution is 2.26. The zero-order valence-electron chi connectivity index (χ0n) is 9.11. The maximum absolute atomic E-state index is 11.2. The van der Waals surface area contributed by atoms with Crippen molar-refractivity contribution in [3.63, 3.8) is 0 Å². The Morgan fingerprint density at radius 2 is 2.11 bits per heavy atom. The molecule has 0 aliphatic rings. The second kappa shape index (κ2) is 5.65. The van der Waals surface area contributed by atoms with Gasteiger partial charge in [-0.05, 0) is 23.8 Å². The zero-order chi connectivity index (χ0) is 13.1. The van der Waals surface area contributed by atoms with Crippen LogP contribution >= 0.6 is 35.0 Å². The van der Waals surface area contributed by atoms with Crippen LogP contribution in [-0.2, 0) is 5.75 Å². The van der Waals surface area contributed by atoms with Crippen LogP contribution in [0.5, 0.6) is 0 Å². The molecule has 0 spiro atoms. The molecule has 0 radical (unpaired) electrons. The van der Waals surface area contributed by atoms with Crippen molar-refractivity contribution < 1.29 is 0 Å². The molecule has 0 aliphatic heterocycles. The Balaban J connectivity index is 2.16. The summed E-state index contributed by atoms with van der Waals surface area (Å²) in [5.74, 6) is 0.740. The Morgan fingerprint density at radius 3 is 2.83 bits per heavy atom. The quantitative estimate of drug-likeness (QED) is 0.675. The second-order valence-corrected chi connectivity index (χ2v) is 5.31. The molecule has 0 amide bonds. The van der Waals surface area contributed by atoms with Crippen LogP contribution in [0.1, 0.15) is 5.56 Å². The third-order valence-electron chi connectivity index (χ3n) is 2.11. The third kappa shape index (κ3) is 3.41. The molecule has 18 heavy (non-hydrogen) atoms. The van der Waals surface area contributed by atoms with Gasteiger partial charge in [-0.2, -0.15) is 0 Å². The molecular formula is C11H9Cl2N3OS. The van der Waals surface area contributed by atoms with Crippen molar-refractivity contribution in [2.24, 2.45) is 0 Å². The van der Waals surface area contributed by atoms with Crippen molar-refractivity contribution in [1.82, 2.24) is 9.97 Å². The Morgan fingerprint density at radius 1 is 1.33 bits per heavy atom. The molecule has 0 saturated carbocycles. The number of aromatic amines is 1. The summed E-state index contributed by atoms with van der Waals surface area (Å²) in [4.78, 5) is 17.8. The predicted octanol–water partition coefficient (Wildman–Crippen LogP) is 2.95. The van der Waals surface area contributed by atoms with Crippen LogP contribution in [-0.4, -0.2) is 9.97 Å². The fourth-order valence-electron chi connectivity index (χ4n) is 1.32. The first kappa shape index (κ1) is 13.3. The van der Waals surface area contributed by atoms with E-state index in [1.165, 1.54) is 17.8 Å². The number of nitrogens with one attached hydrogen (secondary N) is 1. The van der Waals surface area contributed by atoms with Gasteiger partial charge in [0.05, 0.1) is 0 Å². The highest BCUT2D eigenvalue weighted by atomic mass is 35.5. The van der Waals surface area contributed by atoms with Gasteiger partial charge in [0.1, 0.15) is 5.82 Å². The minimum Gasteiger partial charge on any atom is -0.383 e. The van der Waals surface area contributed by atoms with Crippen molar-refractivity contribution >= 4 is 40.8 Å². The average Bonchev–Trinajstić information content (AvgIpc) is 2.29. The first-order valence-electron chi connectivity index (χ1n) is 4.98. The molecular weight excluding hydrogens is 293 g/mol. The third-order valence-corrected chi connectivity index (χ3v) is 3.64. The van der Waals surface area contributed by atoms with Gasteiger partial charge in [-0.3, -0.25) is 4.79 Å². The van der Waals surface area contributed by atoms with Gasteiger partial charge in [0, 0.05) is 21.9 Å². The summed E-state index contributed by atoms with van der Waals surface area (Å²) >= 11 is 13.3. The summed E-state index contributed by atoms with van der Waals surface area (Å²) in [6, 6.07) is 6.46. The lowest BCUT2D eigenvalue weighted by Gasteiger charge is -2.04. The van der Waals surface area contributed by atoms with Crippen molar-refractivity contribution in [1.29, 1.82) is 0 Å². The van der Waals surface area contributed by atoms with Crippen LogP contribution in [0.3, 0.4) is 0 Å². The van der Waals surface area contributed by atoms with E-state index >= 15 is 0 Å². The Labute approximate surface area is 118 Å². The molecule has 4 nitrogen and oxygen atoms in total. The maximum Gasteiger partial charge on any atom is 0.253 e. The van der Waals surface area contributed by atoms with Gasteiger partial charge in [0.25, 0.3) is 5.56 Å². The molecule has 7 heteroatoms. The maximum atomic E-state index is 11.2. The molecule has 2 aromatic rings. The lowest BCUT2D eigenvalue weighted by atomic mass is 10.2. The fraction of sp³-hybridized carbons (Fsp3) is 0.0909. The summed E-state index contributed by atoms with van der Waals surface area (Å²) in [7, 11) is 0. The number of nitrogens with zero attached hydrogens (tertiary/aromatic N) is 1. The van der Waals surface area contributed by atoms with E-state index in [-0.39, 0.29) is 11.4 Å². The number of nitrogen functional groups attached to an aromatic ring is 1. The molecule has 0 unspecified atom stereocenters. The summed E-state index contributed by atoms with van der Waals surface area (Å²) in [5, 5.41) is 1.69. The second-order valence-electron chi connectivity index (χ2n) is 3.50. The number of H-pyrrole nitrogens is 1. The lowest BCUT2D eigenvalue weighted by Crippen LogP contribution is -2.09. The van der Waals surface area contributed by atoms with E-state index in [1.54, 1.807) is 18.2 Å². The van der Waals surface area contributed by atoms with Crippen LogP contribution in [0.15, 0.2) is 34.2 Å². The van der Waals surface area contributed by atoms with Crippen LogP contribution in [0.2, 0.25) is 10.0 Å². The molecule has 0 atom stereocenters. The van der Waals surface area contributed by atoms with Crippen molar-refractivity contribution in [3.8, 4) is 0 Å². The number of hydrogen-bond donors (Lipinski definition) is 2. The van der Waals surface area contributed by atoms with Gasteiger partial charge in [0.2, 0.25) is 0 Å². The molecule has 94 valence electrons. The number of halogens is 2. The SMILES string of the molecule is Nc1cc(=O)[nH]c(SCc2cc(Cl)ccc2Cl)n1. The molecule has 1 aromatic carbocycles. The zero-order valence-corrected chi connectivity index (χ0v) is 11.4. The van der Waals surface area contributed by atoms with Crippen molar-refractivity contribution in [2.75, 3.05) is 5.73 Å². The molecule has 0 fully saturated rings. The van der Waals surface area contributed by atoms with E-state index in [0.717, 1.165) is 5.56 Å². The van der Waals surface area contributed by atoms with Crippen molar-refractivity contribution in [3.05, 3.63) is 50.2 Å². The van der Waals surface area contributed by atoms with E-state index in [4.69, 9.17) is 28.9 Å². The average molecular weight is 302 g/mol. The van der Waals surface area contributed by atoms with E-state index in [9.17, 15) is 4.79 Å². The Hall–Kier alpha value is -1.17. The Bertz CT molecular complexity index is 630. The molecule has 1 heterocycles. The normalized spacial score (nSPS) is 10.6. The highest BCUT2D eigenvalue weighted by Gasteiger charge is 2.05. The lowest BCUT2D eigenvalue weighted by molar-refractivity contribution is 0.945. The summed E-state index contributed by atoms with van der Waals surface area (Å²) < 4.78 is 0. The number of benzene rings is 1. The van der Waals surface area contributed by atoms with Gasteiger partial charge in [-0.15, -0.1) is 0 Å². The first-order valence-corrected chi connectivity index (χ1v) is 6.72. The molecule has 0 bridgehead atoms. The van der Waals surface area contributed by atoms with Crippen molar-refractivity contribution in [2.45, 2.75) is 10.9 Å². The monoisotopic (exact) mass is 301 g/mol. The first-order chi connectivity index (χ1) is 8.54. The van der Waals surface area contributed by atoms with Gasteiger partial charge >= 0.3 is 0 Å². The summed E-state index contributed by atoms with van der Waals surface area (Å²) in [5.41, 5.74) is 6.09. The number of nitrogens with two attached hydrogens (primary N) is 1. The molecule has 0 saturated heterocycles. The summed E-state index contributed by atoms with van der Waals surface area (Å²) in [6.07, 6.45) is 0. The number of rotatable bonds is 3. The van der Waals surface area contributed by atoms with E-state index in [2.05, 4.69) is 9.97 Å². The fourth-order valence-corrected chi connectivity index (χ4v) is 2.65. The van der Waals surface area contributed by atoms with E-state index in [0.29, 0.717) is 21.0 Å². The van der Waals surface area contributed by atoms with Gasteiger partial charge in [0.15, 0.2) is 5.16 Å². The molecule has 0 aliphatic carbocycles. The topological polar surface area (TPSA) is 71.8 Å². The smallest absolute Gasteiger partial charge is 0.253 e. The van der Waals surface area contributed by atoms with Gasteiger partial charge in [-0.25, -0.2) is 4.98 Å². The number of aromatic nitrogens is 2. The molecule has 3 N–H and O–H groups in total. The van der Waals surface area contributed by atoms with Crippen LogP contribution < -0.4 is 11.3 Å². The number of thioether (sulfide) groups is 1. The van der Waals surface area contributed by atoms with Crippen LogP contribution in [0.4, 0.5) is 5.82 Å². The summed E-state index contributed by atoms with van der Waals surface area (Å²) in [6.45, 7) is 0. The number of anilines is 1. The molecule has 1 aromatic heterocycles. The minimum absolute atomic E-state index is 0.193. The minimum atomic E-state index is -0.276. The van der Waals surface area contributed by atoms with E-state index in [1.807, 2.05) is 0 Å². The predicted molar refractivity (Wildman–Crippen MR) is 75.3 cm³/mol. The van der Waals surface area contributed by atoms with E-state index < -0.39 is 0 Å². The number of hydrogen-bond acceptors (Lipinski definition) is 4. The van der Waals surface area contributed by atoms with Crippen LogP contribution in [0.25, 0.3) is 0 Å². The highest BCUT2D eigenvalue weighted by molar-refractivity contribution is 7.98. The molecule has 2 rings (SSSR count). The van der Waals surface area contributed by atoms with Gasteiger partial charge in [-0.1, -0.05) is 35.0 Å².